The van der Waals surface area contributed by atoms with Crippen LogP contribution < -0.4 is 5.32 Å². The zero-order valence-electron chi connectivity index (χ0n) is 13.2. The van der Waals surface area contributed by atoms with Gasteiger partial charge in [0.05, 0.1) is 12.8 Å². The van der Waals surface area contributed by atoms with Gasteiger partial charge in [-0.2, -0.15) is 0 Å². The van der Waals surface area contributed by atoms with E-state index in [0.717, 1.165) is 12.8 Å². The summed E-state index contributed by atoms with van der Waals surface area (Å²) >= 11 is 0. The molecule has 6 nitrogen and oxygen atoms in total. The van der Waals surface area contributed by atoms with Gasteiger partial charge in [0.2, 0.25) is 11.8 Å². The molecule has 1 aromatic rings. The number of furan rings is 1. The molecule has 2 amide bonds. The van der Waals surface area contributed by atoms with Crippen molar-refractivity contribution < 1.29 is 19.1 Å². The van der Waals surface area contributed by atoms with Crippen LogP contribution in [0.5, 0.6) is 0 Å². The first-order valence-corrected chi connectivity index (χ1v) is 7.79. The van der Waals surface area contributed by atoms with Crippen LogP contribution in [-0.4, -0.2) is 41.0 Å². The van der Waals surface area contributed by atoms with Crippen molar-refractivity contribution in [2.75, 3.05) is 13.1 Å². The molecular formula is C16H24N2O4. The third-order valence-electron chi connectivity index (χ3n) is 4.09. The highest BCUT2D eigenvalue weighted by Gasteiger charge is 2.33. The topological polar surface area (TPSA) is 82.8 Å². The molecule has 0 aromatic carbocycles. The van der Waals surface area contributed by atoms with Gasteiger partial charge in [0.15, 0.2) is 0 Å². The van der Waals surface area contributed by atoms with Gasteiger partial charge in [0.1, 0.15) is 17.4 Å². The summed E-state index contributed by atoms with van der Waals surface area (Å²) in [5.74, 6) is 0.184. The molecule has 1 aliphatic heterocycles. The van der Waals surface area contributed by atoms with Crippen LogP contribution in [0.15, 0.2) is 22.8 Å². The summed E-state index contributed by atoms with van der Waals surface area (Å²) in [6.07, 6.45) is 4.41. The molecule has 2 N–H and O–H groups in total. The Morgan fingerprint density at radius 1 is 1.50 bits per heavy atom. The van der Waals surface area contributed by atoms with Crippen LogP contribution in [0, 0.1) is 0 Å². The maximum absolute atomic E-state index is 12.4. The van der Waals surface area contributed by atoms with Crippen LogP contribution in [-0.2, 0) is 15.2 Å². The molecule has 0 spiro atoms. The molecule has 2 unspecified atom stereocenters. The van der Waals surface area contributed by atoms with Gasteiger partial charge >= 0.3 is 0 Å². The lowest BCUT2D eigenvalue weighted by molar-refractivity contribution is -0.142. The number of hydrogen-bond donors (Lipinski definition) is 2. The van der Waals surface area contributed by atoms with Gasteiger partial charge < -0.3 is 19.7 Å². The van der Waals surface area contributed by atoms with Gasteiger partial charge in [-0.1, -0.05) is 6.92 Å². The monoisotopic (exact) mass is 308 g/mol. The summed E-state index contributed by atoms with van der Waals surface area (Å²) in [6.45, 7) is 4.05. The van der Waals surface area contributed by atoms with E-state index in [4.69, 9.17) is 4.42 Å². The average Bonchev–Trinajstić information content (AvgIpc) is 3.07. The second kappa shape index (κ2) is 6.96. The third kappa shape index (κ3) is 3.68. The van der Waals surface area contributed by atoms with E-state index in [1.807, 2.05) is 0 Å². The number of piperidine rings is 1. The molecule has 22 heavy (non-hydrogen) atoms. The van der Waals surface area contributed by atoms with Crippen LogP contribution in [0.25, 0.3) is 0 Å². The molecule has 0 saturated carbocycles. The highest BCUT2D eigenvalue weighted by molar-refractivity contribution is 5.87. The van der Waals surface area contributed by atoms with Gasteiger partial charge in [-0.05, 0) is 38.3 Å². The second-order valence-electron chi connectivity index (χ2n) is 5.92. The number of aliphatic hydroxyl groups is 1. The van der Waals surface area contributed by atoms with Crippen molar-refractivity contribution in [1.29, 1.82) is 0 Å². The molecule has 0 bridgehead atoms. The Hall–Kier alpha value is -1.82. The number of nitrogens with zero attached hydrogens (tertiary/aromatic N) is 1. The van der Waals surface area contributed by atoms with E-state index < -0.39 is 11.6 Å². The molecule has 1 aromatic heterocycles. The quantitative estimate of drug-likeness (QED) is 0.861. The van der Waals surface area contributed by atoms with Crippen molar-refractivity contribution in [3.8, 4) is 0 Å². The van der Waals surface area contributed by atoms with Crippen molar-refractivity contribution in [1.82, 2.24) is 10.2 Å². The average molecular weight is 308 g/mol. The molecule has 2 heterocycles. The van der Waals surface area contributed by atoms with Crippen molar-refractivity contribution >= 4 is 11.8 Å². The normalized spacial score (nSPS) is 21.2. The van der Waals surface area contributed by atoms with Crippen LogP contribution in [0.4, 0.5) is 0 Å². The first-order chi connectivity index (χ1) is 10.5. The minimum absolute atomic E-state index is 0.00218. The van der Waals surface area contributed by atoms with E-state index in [0.29, 0.717) is 25.1 Å². The predicted octanol–water partition coefficient (Wildman–Crippen LogP) is 1.39. The first-order valence-electron chi connectivity index (χ1n) is 7.79. The molecule has 2 rings (SSSR count). The van der Waals surface area contributed by atoms with Gasteiger partial charge in [-0.15, -0.1) is 0 Å². The summed E-state index contributed by atoms with van der Waals surface area (Å²) < 4.78 is 5.19. The van der Waals surface area contributed by atoms with Crippen LogP contribution in [0.2, 0.25) is 0 Å². The van der Waals surface area contributed by atoms with Crippen molar-refractivity contribution in [3.63, 3.8) is 0 Å². The molecule has 1 saturated heterocycles. The minimum Gasteiger partial charge on any atom is -0.466 e. The van der Waals surface area contributed by atoms with Gasteiger partial charge in [-0.3, -0.25) is 9.59 Å². The van der Waals surface area contributed by atoms with E-state index in [-0.39, 0.29) is 18.4 Å². The zero-order chi connectivity index (χ0) is 16.2. The summed E-state index contributed by atoms with van der Waals surface area (Å²) in [7, 11) is 0. The Morgan fingerprint density at radius 3 is 2.91 bits per heavy atom. The van der Waals surface area contributed by atoms with Gasteiger partial charge in [0, 0.05) is 13.0 Å². The Labute approximate surface area is 130 Å². The number of likely N-dealkylation sites (tertiary alicyclic amines) is 1. The number of amides is 2. The number of carbonyl (C=O) groups excluding carboxylic acids is 2. The Bertz CT molecular complexity index is 510. The lowest BCUT2D eigenvalue weighted by Crippen LogP contribution is -2.53. The van der Waals surface area contributed by atoms with Crippen LogP contribution >= 0.6 is 0 Å². The Kier molecular flexibility index (Phi) is 5.24. The number of carbonyl (C=O) groups is 2. The Balaban J connectivity index is 1.97. The van der Waals surface area contributed by atoms with Crippen LogP contribution in [0.3, 0.4) is 0 Å². The van der Waals surface area contributed by atoms with Crippen LogP contribution in [0.1, 0.15) is 45.3 Å². The molecule has 1 fully saturated rings. The lowest BCUT2D eigenvalue weighted by Gasteiger charge is -2.35. The highest BCUT2D eigenvalue weighted by Crippen LogP contribution is 2.21. The summed E-state index contributed by atoms with van der Waals surface area (Å²) in [6, 6.07) is 2.92. The molecule has 122 valence electrons. The molecule has 0 radical (unpaired) electrons. The lowest BCUT2D eigenvalue weighted by atomic mass is 9.99. The maximum atomic E-state index is 12.4. The van der Waals surface area contributed by atoms with Crippen molar-refractivity contribution in [2.45, 2.75) is 51.2 Å². The molecule has 2 atom stereocenters. The first kappa shape index (κ1) is 16.5. The summed E-state index contributed by atoms with van der Waals surface area (Å²) in [5.41, 5.74) is -1.27. The molecule has 1 aliphatic rings. The van der Waals surface area contributed by atoms with Crippen molar-refractivity contribution in [2.24, 2.45) is 0 Å². The van der Waals surface area contributed by atoms with E-state index in [1.165, 1.54) is 6.26 Å². The van der Waals surface area contributed by atoms with E-state index in [9.17, 15) is 14.7 Å². The van der Waals surface area contributed by atoms with E-state index >= 15 is 0 Å². The predicted molar refractivity (Wildman–Crippen MR) is 80.9 cm³/mol. The standard InChI is InChI=1S/C16H24N2O4/c1-3-14(19)18-9-5-4-7-12(18)15(20)17-11-16(2,21)13-8-6-10-22-13/h6,8,10,12,21H,3-5,7,9,11H2,1-2H3,(H,17,20). The smallest absolute Gasteiger partial charge is 0.242 e. The fourth-order valence-electron chi connectivity index (χ4n) is 2.75. The second-order valence-corrected chi connectivity index (χ2v) is 5.92. The number of hydrogen-bond acceptors (Lipinski definition) is 4. The Morgan fingerprint density at radius 2 is 2.27 bits per heavy atom. The number of rotatable bonds is 5. The third-order valence-corrected chi connectivity index (χ3v) is 4.09. The molecule has 6 heteroatoms. The van der Waals surface area contributed by atoms with E-state index in [1.54, 1.807) is 30.9 Å². The molecular weight excluding hydrogens is 284 g/mol. The molecule has 0 aliphatic carbocycles. The SMILES string of the molecule is CCC(=O)N1CCCCC1C(=O)NCC(C)(O)c1ccco1. The fourth-order valence-corrected chi connectivity index (χ4v) is 2.75. The summed E-state index contributed by atoms with van der Waals surface area (Å²) in [4.78, 5) is 26.0. The minimum atomic E-state index is -1.27. The number of nitrogens with one attached hydrogen (secondary N) is 1. The van der Waals surface area contributed by atoms with Crippen molar-refractivity contribution in [3.05, 3.63) is 24.2 Å². The largest absolute Gasteiger partial charge is 0.466 e. The highest BCUT2D eigenvalue weighted by atomic mass is 16.4. The zero-order valence-corrected chi connectivity index (χ0v) is 13.2. The summed E-state index contributed by atoms with van der Waals surface area (Å²) in [5, 5.41) is 13.1. The van der Waals surface area contributed by atoms with E-state index in [2.05, 4.69) is 5.32 Å². The fraction of sp³-hybridized carbons (Fsp3) is 0.625. The maximum Gasteiger partial charge on any atom is 0.242 e. The van der Waals surface area contributed by atoms with Gasteiger partial charge in [0.25, 0.3) is 0 Å². The van der Waals surface area contributed by atoms with Gasteiger partial charge in [-0.25, -0.2) is 0 Å².